The minimum absolute atomic E-state index is 0.0900. The summed E-state index contributed by atoms with van der Waals surface area (Å²) in [4.78, 5) is 12.6. The SMILES string of the molecule is COc1ccc2c(c1)c(OC(=O)c1c(Cl)cccc1Cl)nn2C(C)C. The summed E-state index contributed by atoms with van der Waals surface area (Å²) in [5, 5.41) is 5.54. The van der Waals surface area contributed by atoms with E-state index in [1.807, 2.05) is 26.0 Å². The van der Waals surface area contributed by atoms with Gasteiger partial charge in [-0.25, -0.2) is 4.79 Å². The number of fused-ring (bicyclic) bond motifs is 1. The zero-order chi connectivity index (χ0) is 18.1. The molecule has 0 aliphatic rings. The molecule has 5 nitrogen and oxygen atoms in total. The fraction of sp³-hybridized carbons (Fsp3) is 0.222. The van der Waals surface area contributed by atoms with Crippen molar-refractivity contribution in [2.75, 3.05) is 7.11 Å². The van der Waals surface area contributed by atoms with Gasteiger partial charge >= 0.3 is 5.97 Å². The lowest BCUT2D eigenvalue weighted by atomic mass is 10.2. The molecule has 0 fully saturated rings. The van der Waals surface area contributed by atoms with Crippen molar-refractivity contribution in [1.82, 2.24) is 9.78 Å². The lowest BCUT2D eigenvalue weighted by Gasteiger charge is -2.06. The van der Waals surface area contributed by atoms with Crippen molar-refractivity contribution < 1.29 is 14.3 Å². The Labute approximate surface area is 155 Å². The van der Waals surface area contributed by atoms with Crippen LogP contribution in [0, 0.1) is 0 Å². The molecule has 0 unspecified atom stereocenters. The Morgan fingerprint density at radius 1 is 1.16 bits per heavy atom. The molecule has 0 spiro atoms. The molecule has 0 radical (unpaired) electrons. The molecule has 2 aromatic carbocycles. The Hall–Kier alpha value is -2.24. The fourth-order valence-corrected chi connectivity index (χ4v) is 3.07. The maximum atomic E-state index is 12.6. The normalized spacial score (nSPS) is 11.1. The zero-order valence-corrected chi connectivity index (χ0v) is 15.4. The van der Waals surface area contributed by atoms with Crippen LogP contribution in [0.25, 0.3) is 10.9 Å². The van der Waals surface area contributed by atoms with Crippen molar-refractivity contribution in [2.24, 2.45) is 0 Å². The maximum Gasteiger partial charge on any atom is 0.347 e. The average Bonchev–Trinajstić information content (AvgIpc) is 2.92. The summed E-state index contributed by atoms with van der Waals surface area (Å²) in [6, 6.07) is 10.4. The number of carbonyl (C=O) groups is 1. The number of aromatic nitrogens is 2. The number of esters is 1. The van der Waals surface area contributed by atoms with E-state index in [2.05, 4.69) is 5.10 Å². The van der Waals surface area contributed by atoms with Gasteiger partial charge in [0.1, 0.15) is 5.75 Å². The molecule has 130 valence electrons. The Balaban J connectivity index is 2.07. The minimum Gasteiger partial charge on any atom is -0.497 e. The van der Waals surface area contributed by atoms with Crippen LogP contribution < -0.4 is 9.47 Å². The van der Waals surface area contributed by atoms with Crippen LogP contribution in [0.2, 0.25) is 10.0 Å². The molecule has 0 saturated heterocycles. The van der Waals surface area contributed by atoms with E-state index in [9.17, 15) is 4.79 Å². The lowest BCUT2D eigenvalue weighted by molar-refractivity contribution is 0.0728. The largest absolute Gasteiger partial charge is 0.497 e. The van der Waals surface area contributed by atoms with Gasteiger partial charge < -0.3 is 9.47 Å². The second-order valence-electron chi connectivity index (χ2n) is 5.71. The molecular weight excluding hydrogens is 363 g/mol. The van der Waals surface area contributed by atoms with Crippen molar-refractivity contribution in [3.05, 3.63) is 52.0 Å². The van der Waals surface area contributed by atoms with Crippen molar-refractivity contribution >= 4 is 40.1 Å². The molecule has 1 heterocycles. The number of nitrogens with zero attached hydrogens (tertiary/aromatic N) is 2. The molecule has 1 aromatic heterocycles. The van der Waals surface area contributed by atoms with E-state index in [0.29, 0.717) is 11.1 Å². The van der Waals surface area contributed by atoms with Crippen LogP contribution in [-0.2, 0) is 0 Å². The molecule has 3 aromatic rings. The summed E-state index contributed by atoms with van der Waals surface area (Å²) in [7, 11) is 1.57. The summed E-state index contributed by atoms with van der Waals surface area (Å²) in [6.07, 6.45) is 0. The van der Waals surface area contributed by atoms with Gasteiger partial charge in [-0.05, 0) is 44.2 Å². The molecule has 3 rings (SSSR count). The van der Waals surface area contributed by atoms with E-state index in [0.717, 1.165) is 5.52 Å². The van der Waals surface area contributed by atoms with Crippen LogP contribution in [-0.4, -0.2) is 22.9 Å². The summed E-state index contributed by atoms with van der Waals surface area (Å²) in [5.41, 5.74) is 0.949. The monoisotopic (exact) mass is 378 g/mol. The summed E-state index contributed by atoms with van der Waals surface area (Å²) in [5.74, 6) is 0.168. The summed E-state index contributed by atoms with van der Waals surface area (Å²) in [6.45, 7) is 3.99. The second-order valence-corrected chi connectivity index (χ2v) is 6.53. The molecule has 0 N–H and O–H groups in total. The highest BCUT2D eigenvalue weighted by Gasteiger charge is 2.21. The predicted octanol–water partition coefficient (Wildman–Crippen LogP) is 5.15. The number of hydrogen-bond donors (Lipinski definition) is 0. The van der Waals surface area contributed by atoms with E-state index in [-0.39, 0.29) is 27.5 Å². The Morgan fingerprint density at radius 3 is 2.44 bits per heavy atom. The smallest absolute Gasteiger partial charge is 0.347 e. The standard InChI is InChI=1S/C18H16Cl2N2O3/c1-10(2)22-15-8-7-11(24-3)9-12(15)17(21-22)25-18(23)16-13(19)5-4-6-14(16)20/h4-10H,1-3H3. The second kappa shape index (κ2) is 6.94. The first-order valence-electron chi connectivity index (χ1n) is 7.64. The van der Waals surface area contributed by atoms with Gasteiger partial charge in [-0.1, -0.05) is 29.3 Å². The molecule has 0 aliphatic heterocycles. The van der Waals surface area contributed by atoms with E-state index in [1.165, 1.54) is 0 Å². The summed E-state index contributed by atoms with van der Waals surface area (Å²) >= 11 is 12.2. The number of methoxy groups -OCH3 is 1. The Bertz CT molecular complexity index is 931. The first-order chi connectivity index (χ1) is 11.9. The average molecular weight is 379 g/mol. The molecule has 0 saturated carbocycles. The van der Waals surface area contributed by atoms with Crippen molar-refractivity contribution in [2.45, 2.75) is 19.9 Å². The molecule has 0 aliphatic carbocycles. The van der Waals surface area contributed by atoms with Crippen LogP contribution in [0.15, 0.2) is 36.4 Å². The highest BCUT2D eigenvalue weighted by atomic mass is 35.5. The van der Waals surface area contributed by atoms with Gasteiger partial charge in [0, 0.05) is 6.04 Å². The topological polar surface area (TPSA) is 53.4 Å². The van der Waals surface area contributed by atoms with Crippen molar-refractivity contribution in [1.29, 1.82) is 0 Å². The van der Waals surface area contributed by atoms with Gasteiger partial charge in [0.05, 0.1) is 33.6 Å². The molecular formula is C18H16Cl2N2O3. The maximum absolute atomic E-state index is 12.6. The number of carbonyl (C=O) groups excluding carboxylic acids is 1. The number of rotatable bonds is 4. The van der Waals surface area contributed by atoms with Gasteiger partial charge in [-0.3, -0.25) is 4.68 Å². The molecule has 7 heteroatoms. The number of hydrogen-bond acceptors (Lipinski definition) is 4. The molecule has 0 amide bonds. The number of ether oxygens (including phenoxy) is 2. The third-order valence-electron chi connectivity index (χ3n) is 3.72. The van der Waals surface area contributed by atoms with Gasteiger partial charge in [-0.2, -0.15) is 0 Å². The van der Waals surface area contributed by atoms with Crippen molar-refractivity contribution in [3.63, 3.8) is 0 Å². The Kier molecular flexibility index (Phi) is 4.88. The van der Waals surface area contributed by atoms with Crippen LogP contribution in [0.1, 0.15) is 30.2 Å². The molecule has 25 heavy (non-hydrogen) atoms. The summed E-state index contributed by atoms with van der Waals surface area (Å²) < 4.78 is 12.5. The van der Waals surface area contributed by atoms with E-state index >= 15 is 0 Å². The number of halogens is 2. The van der Waals surface area contributed by atoms with Crippen LogP contribution >= 0.6 is 23.2 Å². The first-order valence-corrected chi connectivity index (χ1v) is 8.40. The van der Waals surface area contributed by atoms with Crippen LogP contribution in [0.4, 0.5) is 0 Å². The van der Waals surface area contributed by atoms with Gasteiger partial charge in [-0.15, -0.1) is 5.10 Å². The highest BCUT2D eigenvalue weighted by Crippen LogP contribution is 2.32. The van der Waals surface area contributed by atoms with Gasteiger partial charge in [0.15, 0.2) is 0 Å². The molecule has 0 bridgehead atoms. The van der Waals surface area contributed by atoms with Crippen LogP contribution in [0.3, 0.4) is 0 Å². The van der Waals surface area contributed by atoms with Gasteiger partial charge in [0.25, 0.3) is 0 Å². The minimum atomic E-state index is -0.659. The zero-order valence-electron chi connectivity index (χ0n) is 13.9. The quantitative estimate of drug-likeness (QED) is 0.588. The van der Waals surface area contributed by atoms with Crippen LogP contribution in [0.5, 0.6) is 11.6 Å². The Morgan fingerprint density at radius 2 is 1.84 bits per heavy atom. The third-order valence-corrected chi connectivity index (χ3v) is 4.35. The fourth-order valence-electron chi connectivity index (χ4n) is 2.52. The van der Waals surface area contributed by atoms with Crippen molar-refractivity contribution in [3.8, 4) is 11.6 Å². The molecule has 0 atom stereocenters. The highest BCUT2D eigenvalue weighted by molar-refractivity contribution is 6.39. The van der Waals surface area contributed by atoms with E-state index in [1.54, 1.807) is 36.1 Å². The van der Waals surface area contributed by atoms with E-state index < -0.39 is 5.97 Å². The predicted molar refractivity (Wildman–Crippen MR) is 98.1 cm³/mol. The third kappa shape index (κ3) is 3.30. The lowest BCUT2D eigenvalue weighted by Crippen LogP contribution is -2.11. The number of benzene rings is 2. The van der Waals surface area contributed by atoms with E-state index in [4.69, 9.17) is 32.7 Å². The first kappa shape index (κ1) is 17.6. The van der Waals surface area contributed by atoms with Gasteiger partial charge in [0.2, 0.25) is 5.88 Å².